The summed E-state index contributed by atoms with van der Waals surface area (Å²) < 4.78 is 7.28. The number of epoxide rings is 1. The molecule has 0 saturated carbocycles. The number of ether oxygens (including phenoxy) is 1. The van der Waals surface area contributed by atoms with Crippen molar-refractivity contribution in [2.24, 2.45) is 0 Å². The third-order valence-electron chi connectivity index (χ3n) is 1.78. The molecule has 0 unspecified atom stereocenters. The van der Waals surface area contributed by atoms with Gasteiger partial charge < -0.3 is 9.30 Å². The summed E-state index contributed by atoms with van der Waals surface area (Å²) in [5.74, 6) is 0. The van der Waals surface area contributed by atoms with Crippen molar-refractivity contribution in [3.8, 4) is 0 Å². The Labute approximate surface area is 60.4 Å². The quantitative estimate of drug-likeness (QED) is 0.574. The molecule has 10 heavy (non-hydrogen) atoms. The van der Waals surface area contributed by atoms with Crippen molar-refractivity contribution in [2.75, 3.05) is 6.61 Å². The number of hydrogen-bond donors (Lipinski definition) is 0. The van der Waals surface area contributed by atoms with Gasteiger partial charge in [-0.1, -0.05) is 0 Å². The smallest absolute Gasteiger partial charge is 0.0826 e. The van der Waals surface area contributed by atoms with Crippen LogP contribution in [0.3, 0.4) is 0 Å². The van der Waals surface area contributed by atoms with Gasteiger partial charge in [-0.15, -0.1) is 0 Å². The molecular formula is C8H11NO. The van der Waals surface area contributed by atoms with Crippen molar-refractivity contribution >= 4 is 0 Å². The molecule has 1 saturated heterocycles. The summed E-state index contributed by atoms with van der Waals surface area (Å²) in [6.45, 7) is 2.07. The lowest BCUT2D eigenvalue weighted by atomic mass is 10.3. The van der Waals surface area contributed by atoms with E-state index in [-0.39, 0.29) is 0 Å². The van der Waals surface area contributed by atoms with Gasteiger partial charge in [0.15, 0.2) is 0 Å². The van der Waals surface area contributed by atoms with Crippen LogP contribution in [-0.2, 0) is 11.3 Å². The monoisotopic (exact) mass is 137 g/mol. The van der Waals surface area contributed by atoms with E-state index in [1.165, 1.54) is 0 Å². The van der Waals surface area contributed by atoms with E-state index in [2.05, 4.69) is 17.0 Å². The summed E-state index contributed by atoms with van der Waals surface area (Å²) in [4.78, 5) is 0. The van der Waals surface area contributed by atoms with Gasteiger partial charge in [0.2, 0.25) is 0 Å². The molecule has 1 aromatic heterocycles. The molecule has 1 aliphatic heterocycles. The molecule has 0 bridgehead atoms. The molecule has 0 aromatic carbocycles. The van der Waals surface area contributed by atoms with Crippen LogP contribution < -0.4 is 0 Å². The van der Waals surface area contributed by atoms with Crippen LogP contribution in [0.4, 0.5) is 0 Å². The zero-order chi connectivity index (χ0) is 6.81. The Morgan fingerprint density at radius 3 is 2.70 bits per heavy atom. The lowest BCUT2D eigenvalue weighted by Crippen LogP contribution is -1.97. The first-order valence-electron chi connectivity index (χ1n) is 3.67. The first kappa shape index (κ1) is 5.98. The van der Waals surface area contributed by atoms with E-state index in [9.17, 15) is 0 Å². The van der Waals surface area contributed by atoms with Crippen molar-refractivity contribution in [1.29, 1.82) is 0 Å². The lowest BCUT2D eigenvalue weighted by molar-refractivity contribution is 0.385. The van der Waals surface area contributed by atoms with Crippen LogP contribution >= 0.6 is 0 Å². The number of rotatable bonds is 3. The van der Waals surface area contributed by atoms with E-state index >= 15 is 0 Å². The van der Waals surface area contributed by atoms with Crippen molar-refractivity contribution in [3.63, 3.8) is 0 Å². The second-order valence-corrected chi connectivity index (χ2v) is 2.66. The second kappa shape index (κ2) is 2.46. The maximum absolute atomic E-state index is 5.09. The fourth-order valence-corrected chi connectivity index (χ4v) is 1.05. The summed E-state index contributed by atoms with van der Waals surface area (Å²) in [6.07, 6.45) is 5.89. The van der Waals surface area contributed by atoms with Gasteiger partial charge in [-0.3, -0.25) is 0 Å². The van der Waals surface area contributed by atoms with E-state index in [1.54, 1.807) is 0 Å². The van der Waals surface area contributed by atoms with Crippen LogP contribution in [0.15, 0.2) is 24.5 Å². The minimum absolute atomic E-state index is 0.558. The van der Waals surface area contributed by atoms with E-state index in [4.69, 9.17) is 4.74 Å². The SMILES string of the molecule is c1ccn(CC[C@@H]2CO2)c1. The molecule has 2 nitrogen and oxygen atoms in total. The largest absolute Gasteiger partial charge is 0.373 e. The third-order valence-corrected chi connectivity index (χ3v) is 1.78. The number of hydrogen-bond acceptors (Lipinski definition) is 1. The number of aromatic nitrogens is 1. The highest BCUT2D eigenvalue weighted by atomic mass is 16.6. The molecule has 2 rings (SSSR count). The number of aryl methyl sites for hydroxylation is 1. The van der Waals surface area contributed by atoms with Crippen LogP contribution in [0.2, 0.25) is 0 Å². The van der Waals surface area contributed by atoms with Gasteiger partial charge in [-0.25, -0.2) is 0 Å². The lowest BCUT2D eigenvalue weighted by Gasteiger charge is -1.97. The molecule has 54 valence electrons. The summed E-state index contributed by atoms with van der Waals surface area (Å²) in [7, 11) is 0. The molecule has 0 radical (unpaired) electrons. The topological polar surface area (TPSA) is 17.5 Å². The van der Waals surface area contributed by atoms with Gasteiger partial charge in [0.1, 0.15) is 0 Å². The average molecular weight is 137 g/mol. The van der Waals surface area contributed by atoms with Gasteiger partial charge in [0, 0.05) is 18.9 Å². The Kier molecular flexibility index (Phi) is 1.47. The molecule has 0 spiro atoms. The molecule has 1 aliphatic rings. The highest BCUT2D eigenvalue weighted by Crippen LogP contribution is 2.13. The van der Waals surface area contributed by atoms with Crippen molar-refractivity contribution in [3.05, 3.63) is 24.5 Å². The summed E-state index contributed by atoms with van der Waals surface area (Å²) in [5.41, 5.74) is 0. The van der Waals surface area contributed by atoms with Crippen molar-refractivity contribution < 1.29 is 4.74 Å². The van der Waals surface area contributed by atoms with Crippen LogP contribution in [-0.4, -0.2) is 17.3 Å². The van der Waals surface area contributed by atoms with Crippen LogP contribution in [0.25, 0.3) is 0 Å². The first-order chi connectivity index (χ1) is 4.95. The van der Waals surface area contributed by atoms with Crippen LogP contribution in [0.5, 0.6) is 0 Å². The molecule has 2 heteroatoms. The molecule has 0 aliphatic carbocycles. The van der Waals surface area contributed by atoms with Gasteiger partial charge >= 0.3 is 0 Å². The molecule has 1 fully saturated rings. The first-order valence-corrected chi connectivity index (χ1v) is 3.67. The Morgan fingerprint density at radius 1 is 1.40 bits per heavy atom. The van der Waals surface area contributed by atoms with Gasteiger partial charge in [0.05, 0.1) is 12.7 Å². The molecule has 0 amide bonds. The molecule has 2 heterocycles. The fraction of sp³-hybridized carbons (Fsp3) is 0.500. The normalized spacial score (nSPS) is 23.0. The predicted octanol–water partition coefficient (Wildman–Crippen LogP) is 1.28. The maximum Gasteiger partial charge on any atom is 0.0826 e. The Morgan fingerprint density at radius 2 is 2.10 bits per heavy atom. The van der Waals surface area contributed by atoms with Gasteiger partial charge in [-0.2, -0.15) is 0 Å². The standard InChI is InChI=1S/C8H11NO/c1-2-5-9(4-1)6-3-8-7-10-8/h1-2,4-5,8H,3,6-7H2/t8-/m1/s1. The zero-order valence-corrected chi connectivity index (χ0v) is 5.86. The van der Waals surface area contributed by atoms with E-state index < -0.39 is 0 Å². The molecule has 1 atom stereocenters. The minimum Gasteiger partial charge on any atom is -0.373 e. The van der Waals surface area contributed by atoms with Crippen molar-refractivity contribution in [1.82, 2.24) is 4.57 Å². The molecular weight excluding hydrogens is 126 g/mol. The number of nitrogens with zero attached hydrogens (tertiary/aromatic N) is 1. The van der Waals surface area contributed by atoms with Crippen molar-refractivity contribution in [2.45, 2.75) is 19.1 Å². The molecule has 1 aromatic rings. The summed E-state index contributed by atoms with van der Waals surface area (Å²) >= 11 is 0. The molecule has 0 N–H and O–H groups in total. The Bertz CT molecular complexity index is 189. The third kappa shape index (κ3) is 1.39. The van der Waals surface area contributed by atoms with Gasteiger partial charge in [-0.05, 0) is 18.6 Å². The second-order valence-electron chi connectivity index (χ2n) is 2.66. The van der Waals surface area contributed by atoms with E-state index in [0.717, 1.165) is 19.6 Å². The Balaban J connectivity index is 1.79. The summed E-state index contributed by atoms with van der Waals surface area (Å²) in [5, 5.41) is 0. The highest BCUT2D eigenvalue weighted by Gasteiger charge is 2.21. The van der Waals surface area contributed by atoms with E-state index in [0.29, 0.717) is 6.10 Å². The summed E-state index contributed by atoms with van der Waals surface area (Å²) in [6, 6.07) is 4.10. The van der Waals surface area contributed by atoms with Gasteiger partial charge in [0.25, 0.3) is 0 Å². The van der Waals surface area contributed by atoms with Crippen LogP contribution in [0, 0.1) is 0 Å². The van der Waals surface area contributed by atoms with E-state index in [1.807, 2.05) is 12.1 Å². The highest BCUT2D eigenvalue weighted by molar-refractivity contribution is 4.90. The maximum atomic E-state index is 5.09. The average Bonchev–Trinajstić information content (AvgIpc) is 2.63. The zero-order valence-electron chi connectivity index (χ0n) is 5.86. The van der Waals surface area contributed by atoms with Crippen LogP contribution in [0.1, 0.15) is 6.42 Å². The fourth-order valence-electron chi connectivity index (χ4n) is 1.05. The Hall–Kier alpha value is -0.760. The minimum atomic E-state index is 0.558. The predicted molar refractivity (Wildman–Crippen MR) is 38.8 cm³/mol.